The van der Waals surface area contributed by atoms with Crippen molar-refractivity contribution in [3.05, 3.63) is 40.3 Å². The van der Waals surface area contributed by atoms with Crippen LogP contribution in [0.3, 0.4) is 0 Å². The zero-order valence-electron chi connectivity index (χ0n) is 15.1. The highest BCUT2D eigenvalue weighted by atomic mass is 32.1. The Bertz CT molecular complexity index is 808. The molecule has 5 heteroatoms. The van der Waals surface area contributed by atoms with Gasteiger partial charge in [0.2, 0.25) is 0 Å². The van der Waals surface area contributed by atoms with Gasteiger partial charge in [0, 0.05) is 10.9 Å². The molecule has 4 aliphatic rings. The van der Waals surface area contributed by atoms with Crippen LogP contribution in [0.5, 0.6) is 0 Å². The topological polar surface area (TPSA) is 54.0 Å². The van der Waals surface area contributed by atoms with Crippen LogP contribution >= 0.6 is 11.3 Å². The normalized spacial score (nSPS) is 31.8. The molecule has 4 bridgehead atoms. The van der Waals surface area contributed by atoms with Gasteiger partial charge in [-0.05, 0) is 75.3 Å². The Kier molecular flexibility index (Phi) is 3.82. The van der Waals surface area contributed by atoms with Crippen molar-refractivity contribution in [3.63, 3.8) is 0 Å². The standard InChI is InChI=1S/C21H25N3OS/c1-13-22-19(12-26-13)20(25)23-17-4-2-3-5-18(17)24-21-9-14-6-15(10-21)8-16(7-14)11-21/h2-5,12,14-16,24H,6-11H2,1H3,(H,23,25). The number of hydrogen-bond donors (Lipinski definition) is 2. The number of rotatable bonds is 4. The maximum absolute atomic E-state index is 12.5. The Morgan fingerprint density at radius 2 is 1.69 bits per heavy atom. The van der Waals surface area contributed by atoms with Crippen LogP contribution in [-0.4, -0.2) is 16.4 Å². The van der Waals surface area contributed by atoms with Gasteiger partial charge in [-0.15, -0.1) is 11.3 Å². The number of thiazole rings is 1. The molecule has 6 rings (SSSR count). The summed E-state index contributed by atoms with van der Waals surface area (Å²) in [7, 11) is 0. The zero-order chi connectivity index (χ0) is 17.7. The lowest BCUT2D eigenvalue weighted by Crippen LogP contribution is -2.54. The van der Waals surface area contributed by atoms with E-state index < -0.39 is 0 Å². The van der Waals surface area contributed by atoms with Crippen molar-refractivity contribution >= 4 is 28.6 Å². The average Bonchev–Trinajstić information content (AvgIpc) is 3.02. The van der Waals surface area contributed by atoms with E-state index in [1.54, 1.807) is 0 Å². The molecule has 2 aromatic rings. The fraction of sp³-hybridized carbons (Fsp3) is 0.524. The maximum Gasteiger partial charge on any atom is 0.275 e. The molecule has 26 heavy (non-hydrogen) atoms. The molecule has 1 aromatic carbocycles. The van der Waals surface area contributed by atoms with Gasteiger partial charge >= 0.3 is 0 Å². The summed E-state index contributed by atoms with van der Waals surface area (Å²) in [5.74, 6) is 2.56. The molecule has 1 heterocycles. The number of nitrogens with zero attached hydrogens (tertiary/aromatic N) is 1. The van der Waals surface area contributed by atoms with Crippen molar-refractivity contribution in [3.8, 4) is 0 Å². The molecule has 0 spiro atoms. The van der Waals surface area contributed by atoms with E-state index in [9.17, 15) is 4.79 Å². The Morgan fingerprint density at radius 1 is 1.08 bits per heavy atom. The van der Waals surface area contributed by atoms with Crippen molar-refractivity contribution in [1.29, 1.82) is 0 Å². The van der Waals surface area contributed by atoms with E-state index in [0.29, 0.717) is 5.69 Å². The van der Waals surface area contributed by atoms with Gasteiger partial charge in [0.15, 0.2) is 0 Å². The summed E-state index contributed by atoms with van der Waals surface area (Å²) < 4.78 is 0. The molecular formula is C21H25N3OS. The minimum absolute atomic E-state index is 0.130. The largest absolute Gasteiger partial charge is 0.378 e. The first-order valence-corrected chi connectivity index (χ1v) is 10.6. The number of carbonyl (C=O) groups excluding carboxylic acids is 1. The molecule has 4 nitrogen and oxygen atoms in total. The van der Waals surface area contributed by atoms with Gasteiger partial charge in [-0.3, -0.25) is 4.79 Å². The van der Waals surface area contributed by atoms with E-state index in [1.807, 2.05) is 30.5 Å². The fourth-order valence-electron chi connectivity index (χ4n) is 5.90. The van der Waals surface area contributed by atoms with Gasteiger partial charge in [-0.1, -0.05) is 12.1 Å². The molecule has 136 valence electrons. The molecule has 4 fully saturated rings. The SMILES string of the molecule is Cc1nc(C(=O)Nc2ccccc2NC23CC4CC(CC(C4)C2)C3)cs1. The van der Waals surface area contributed by atoms with Crippen LogP contribution in [0, 0.1) is 24.7 Å². The third-order valence-electron chi connectivity index (χ3n) is 6.46. The van der Waals surface area contributed by atoms with Gasteiger partial charge in [0.25, 0.3) is 5.91 Å². The first-order valence-electron chi connectivity index (χ1n) is 9.69. The molecule has 1 aromatic heterocycles. The second-order valence-electron chi connectivity index (χ2n) is 8.57. The van der Waals surface area contributed by atoms with E-state index >= 15 is 0 Å². The number of aromatic nitrogens is 1. The highest BCUT2D eigenvalue weighted by molar-refractivity contribution is 7.09. The number of amides is 1. The molecule has 4 saturated carbocycles. The van der Waals surface area contributed by atoms with Crippen LogP contribution in [0.1, 0.15) is 54.0 Å². The van der Waals surface area contributed by atoms with Crippen LogP contribution in [0.15, 0.2) is 29.6 Å². The summed E-state index contributed by atoms with van der Waals surface area (Å²) in [5.41, 5.74) is 2.64. The Labute approximate surface area is 158 Å². The van der Waals surface area contributed by atoms with E-state index in [2.05, 4.69) is 21.7 Å². The molecule has 0 radical (unpaired) electrons. The molecule has 0 aliphatic heterocycles. The number of para-hydroxylation sites is 2. The molecule has 4 aliphatic carbocycles. The monoisotopic (exact) mass is 367 g/mol. The van der Waals surface area contributed by atoms with Crippen molar-refractivity contribution < 1.29 is 4.79 Å². The number of aryl methyl sites for hydroxylation is 1. The first-order chi connectivity index (χ1) is 12.6. The summed E-state index contributed by atoms with van der Waals surface area (Å²) in [5, 5.41) is 9.68. The molecule has 0 unspecified atom stereocenters. The van der Waals surface area contributed by atoms with Gasteiger partial charge in [0.05, 0.1) is 16.4 Å². The number of nitrogens with one attached hydrogen (secondary N) is 2. The van der Waals surface area contributed by atoms with E-state index in [-0.39, 0.29) is 11.4 Å². The van der Waals surface area contributed by atoms with Crippen LogP contribution in [-0.2, 0) is 0 Å². The van der Waals surface area contributed by atoms with Crippen molar-refractivity contribution in [2.45, 2.75) is 51.0 Å². The minimum Gasteiger partial charge on any atom is -0.378 e. The van der Waals surface area contributed by atoms with Crippen LogP contribution < -0.4 is 10.6 Å². The van der Waals surface area contributed by atoms with Gasteiger partial charge in [-0.2, -0.15) is 0 Å². The predicted molar refractivity (Wildman–Crippen MR) is 106 cm³/mol. The van der Waals surface area contributed by atoms with Gasteiger partial charge in [-0.25, -0.2) is 4.98 Å². The molecule has 0 atom stereocenters. The third kappa shape index (κ3) is 2.92. The summed E-state index contributed by atoms with van der Waals surface area (Å²) in [4.78, 5) is 16.9. The number of carbonyl (C=O) groups is 1. The van der Waals surface area contributed by atoms with E-state index in [1.165, 1.54) is 49.9 Å². The van der Waals surface area contributed by atoms with E-state index in [4.69, 9.17) is 0 Å². The predicted octanol–water partition coefficient (Wildman–Crippen LogP) is 5.08. The Morgan fingerprint density at radius 3 is 2.27 bits per heavy atom. The fourth-order valence-corrected chi connectivity index (χ4v) is 6.50. The second-order valence-corrected chi connectivity index (χ2v) is 9.64. The van der Waals surface area contributed by atoms with Gasteiger partial charge < -0.3 is 10.6 Å². The molecule has 1 amide bonds. The molecule has 0 saturated heterocycles. The Hall–Kier alpha value is -1.88. The number of benzene rings is 1. The van der Waals surface area contributed by atoms with Crippen molar-refractivity contribution in [2.75, 3.05) is 10.6 Å². The molecule has 2 N–H and O–H groups in total. The first kappa shape index (κ1) is 16.3. The number of anilines is 2. The summed E-state index contributed by atoms with van der Waals surface area (Å²) in [6, 6.07) is 8.11. The lowest BCUT2D eigenvalue weighted by Gasteiger charge is -2.57. The maximum atomic E-state index is 12.5. The second kappa shape index (κ2) is 6.08. The summed E-state index contributed by atoms with van der Waals surface area (Å²) in [6.07, 6.45) is 8.15. The van der Waals surface area contributed by atoms with Crippen molar-refractivity contribution in [2.24, 2.45) is 17.8 Å². The Balaban J connectivity index is 1.38. The van der Waals surface area contributed by atoms with Gasteiger partial charge in [0.1, 0.15) is 5.69 Å². The van der Waals surface area contributed by atoms with E-state index in [0.717, 1.165) is 34.1 Å². The van der Waals surface area contributed by atoms with Crippen molar-refractivity contribution in [1.82, 2.24) is 4.98 Å². The van der Waals surface area contributed by atoms with Crippen LogP contribution in [0.25, 0.3) is 0 Å². The average molecular weight is 368 g/mol. The van der Waals surface area contributed by atoms with Crippen LogP contribution in [0.4, 0.5) is 11.4 Å². The molecular weight excluding hydrogens is 342 g/mol. The highest BCUT2D eigenvalue weighted by Gasteiger charge is 2.51. The smallest absolute Gasteiger partial charge is 0.275 e. The summed E-state index contributed by atoms with van der Waals surface area (Å²) in [6.45, 7) is 1.92. The minimum atomic E-state index is -0.130. The lowest BCUT2D eigenvalue weighted by molar-refractivity contribution is 0.0107. The quantitative estimate of drug-likeness (QED) is 0.792. The third-order valence-corrected chi connectivity index (χ3v) is 7.24. The summed E-state index contributed by atoms with van der Waals surface area (Å²) >= 11 is 1.50. The zero-order valence-corrected chi connectivity index (χ0v) is 15.9. The lowest BCUT2D eigenvalue weighted by atomic mass is 9.53. The highest BCUT2D eigenvalue weighted by Crippen LogP contribution is 2.56. The number of hydrogen-bond acceptors (Lipinski definition) is 4. The van der Waals surface area contributed by atoms with Crippen LogP contribution in [0.2, 0.25) is 0 Å².